The molecule has 4 rings (SSSR count). The molecule has 142 valence electrons. The van der Waals surface area contributed by atoms with Gasteiger partial charge in [-0.3, -0.25) is 9.69 Å². The van der Waals surface area contributed by atoms with Gasteiger partial charge in [-0.05, 0) is 55.7 Å². The first-order valence-corrected chi connectivity index (χ1v) is 10.5. The number of halogens is 1. The van der Waals surface area contributed by atoms with Crippen molar-refractivity contribution >= 4 is 34.4 Å². The molecule has 2 N–H and O–H groups in total. The van der Waals surface area contributed by atoms with Crippen LogP contribution in [-0.2, 0) is 11.2 Å². The van der Waals surface area contributed by atoms with Crippen LogP contribution in [0.15, 0.2) is 59.1 Å². The molecule has 1 aliphatic carbocycles. The van der Waals surface area contributed by atoms with Crippen molar-refractivity contribution in [2.75, 3.05) is 4.90 Å². The zero-order chi connectivity index (χ0) is 19.8. The van der Waals surface area contributed by atoms with Crippen LogP contribution in [0.4, 0.5) is 5.69 Å². The van der Waals surface area contributed by atoms with E-state index in [1.54, 1.807) is 23.5 Å². The number of Topliss-reactive ketones (excluding diaryl/α,β-unsaturated/α-hetero) is 1. The molecule has 0 fully saturated rings. The van der Waals surface area contributed by atoms with Crippen molar-refractivity contribution < 1.29 is 4.79 Å². The van der Waals surface area contributed by atoms with Gasteiger partial charge in [0.05, 0.1) is 17.6 Å². The van der Waals surface area contributed by atoms with Gasteiger partial charge in [0.15, 0.2) is 5.78 Å². The Morgan fingerprint density at radius 1 is 1.25 bits per heavy atom. The number of rotatable bonds is 3. The van der Waals surface area contributed by atoms with E-state index in [4.69, 9.17) is 17.3 Å². The third-order valence-corrected chi connectivity index (χ3v) is 6.86. The minimum Gasteiger partial charge on any atom is -0.384 e. The average molecular weight is 410 g/mol. The van der Waals surface area contributed by atoms with Gasteiger partial charge in [-0.2, -0.15) is 5.26 Å². The summed E-state index contributed by atoms with van der Waals surface area (Å²) in [6.45, 7) is 2.10. The first kappa shape index (κ1) is 18.8. The molecule has 0 saturated heterocycles. The average Bonchev–Trinajstić information content (AvgIpc) is 3.17. The molecule has 0 unspecified atom stereocenters. The normalized spacial score (nSPS) is 19.7. The summed E-state index contributed by atoms with van der Waals surface area (Å²) in [7, 11) is 0. The van der Waals surface area contributed by atoms with Crippen LogP contribution in [0.25, 0.3) is 0 Å². The van der Waals surface area contributed by atoms with Crippen molar-refractivity contribution in [1.29, 1.82) is 5.26 Å². The van der Waals surface area contributed by atoms with Crippen molar-refractivity contribution in [1.82, 2.24) is 0 Å². The van der Waals surface area contributed by atoms with Crippen LogP contribution in [0.5, 0.6) is 0 Å². The smallest absolute Gasteiger partial charge is 0.161 e. The van der Waals surface area contributed by atoms with Gasteiger partial charge in [0, 0.05) is 38.2 Å². The molecule has 0 amide bonds. The molecule has 0 bridgehead atoms. The summed E-state index contributed by atoms with van der Waals surface area (Å²) in [6.07, 6.45) is 2.98. The van der Waals surface area contributed by atoms with Gasteiger partial charge in [-0.25, -0.2) is 0 Å². The number of allylic oxidation sites excluding steroid dienone is 3. The van der Waals surface area contributed by atoms with Crippen molar-refractivity contribution in [3.05, 3.63) is 73.8 Å². The Morgan fingerprint density at radius 3 is 2.64 bits per heavy atom. The maximum absolute atomic E-state index is 13.0. The Kier molecular flexibility index (Phi) is 5.01. The number of ketones is 1. The number of carbonyl (C=O) groups excluding carboxylic acids is 1. The van der Waals surface area contributed by atoms with E-state index in [-0.39, 0.29) is 11.7 Å². The number of nitrogens with zero attached hydrogens (tertiary/aromatic N) is 2. The fourth-order valence-electron chi connectivity index (χ4n) is 4.00. The maximum atomic E-state index is 13.0. The number of benzene rings is 1. The van der Waals surface area contributed by atoms with Crippen molar-refractivity contribution in [2.24, 2.45) is 5.73 Å². The zero-order valence-corrected chi connectivity index (χ0v) is 17.1. The van der Waals surface area contributed by atoms with Gasteiger partial charge in [0.2, 0.25) is 0 Å². The SMILES string of the molecule is CCc1ccc([C@@H]2C(C#N)=C(N)N(c3ccc(Cl)cc3)C3=C2C(=O)CCC3)s1. The molecule has 1 atom stereocenters. The van der Waals surface area contributed by atoms with Gasteiger partial charge in [0.1, 0.15) is 5.82 Å². The van der Waals surface area contributed by atoms with Crippen LogP contribution in [0.1, 0.15) is 41.9 Å². The van der Waals surface area contributed by atoms with E-state index >= 15 is 0 Å². The van der Waals surface area contributed by atoms with E-state index in [1.165, 1.54) is 4.88 Å². The summed E-state index contributed by atoms with van der Waals surface area (Å²) in [5.74, 6) is 0.133. The van der Waals surface area contributed by atoms with Crippen LogP contribution in [-0.4, -0.2) is 5.78 Å². The number of hydrogen-bond donors (Lipinski definition) is 1. The lowest BCUT2D eigenvalue weighted by Gasteiger charge is -2.39. The highest BCUT2D eigenvalue weighted by Gasteiger charge is 2.40. The Hall–Kier alpha value is -2.55. The molecule has 0 spiro atoms. The Bertz CT molecular complexity index is 1040. The van der Waals surface area contributed by atoms with Crippen molar-refractivity contribution in [3.8, 4) is 6.07 Å². The fourth-order valence-corrected chi connectivity index (χ4v) is 5.19. The summed E-state index contributed by atoms with van der Waals surface area (Å²) in [5, 5.41) is 10.6. The second-order valence-electron chi connectivity index (χ2n) is 6.95. The molecule has 0 saturated carbocycles. The van der Waals surface area contributed by atoms with Gasteiger partial charge in [0.25, 0.3) is 0 Å². The minimum atomic E-state index is -0.373. The van der Waals surface area contributed by atoms with Gasteiger partial charge >= 0.3 is 0 Å². The van der Waals surface area contributed by atoms with Crippen molar-refractivity contribution in [3.63, 3.8) is 0 Å². The monoisotopic (exact) mass is 409 g/mol. The van der Waals surface area contributed by atoms with Crippen LogP contribution in [0, 0.1) is 11.3 Å². The summed E-state index contributed by atoms with van der Waals surface area (Å²) >= 11 is 7.70. The van der Waals surface area contributed by atoms with E-state index in [9.17, 15) is 10.1 Å². The molecule has 0 radical (unpaired) electrons. The summed E-state index contributed by atoms with van der Waals surface area (Å²) in [4.78, 5) is 17.1. The largest absolute Gasteiger partial charge is 0.384 e. The van der Waals surface area contributed by atoms with E-state index < -0.39 is 0 Å². The Balaban J connectivity index is 1.93. The predicted molar refractivity (Wildman–Crippen MR) is 113 cm³/mol. The molecule has 2 aromatic rings. The second kappa shape index (κ2) is 7.46. The van der Waals surface area contributed by atoms with Crippen molar-refractivity contribution in [2.45, 2.75) is 38.5 Å². The molecule has 1 aromatic heterocycles. The highest BCUT2D eigenvalue weighted by Crippen LogP contribution is 2.47. The van der Waals surface area contributed by atoms with Gasteiger partial charge in [-0.15, -0.1) is 11.3 Å². The number of nitrogens with two attached hydrogens (primary N) is 1. The van der Waals surface area contributed by atoms with Crippen LogP contribution in [0.3, 0.4) is 0 Å². The zero-order valence-electron chi connectivity index (χ0n) is 15.5. The highest BCUT2D eigenvalue weighted by molar-refractivity contribution is 7.12. The van der Waals surface area contributed by atoms with Crippen LogP contribution in [0.2, 0.25) is 5.02 Å². The predicted octanol–water partition coefficient (Wildman–Crippen LogP) is 5.27. The first-order chi connectivity index (χ1) is 13.5. The molecule has 1 aromatic carbocycles. The van der Waals surface area contributed by atoms with E-state index in [0.29, 0.717) is 22.8 Å². The molecule has 4 nitrogen and oxygen atoms in total. The third kappa shape index (κ3) is 3.03. The number of thiophene rings is 1. The van der Waals surface area contributed by atoms with E-state index in [2.05, 4.69) is 19.1 Å². The number of nitriles is 1. The maximum Gasteiger partial charge on any atom is 0.161 e. The Morgan fingerprint density at radius 2 is 2.00 bits per heavy atom. The van der Waals surface area contributed by atoms with E-state index in [0.717, 1.165) is 41.1 Å². The number of carbonyl (C=O) groups is 1. The molecular weight excluding hydrogens is 390 g/mol. The van der Waals surface area contributed by atoms with Crippen LogP contribution >= 0.6 is 22.9 Å². The lowest BCUT2D eigenvalue weighted by atomic mass is 9.78. The van der Waals surface area contributed by atoms with Gasteiger partial charge < -0.3 is 5.73 Å². The molecular formula is C22H20ClN3OS. The van der Waals surface area contributed by atoms with Crippen LogP contribution < -0.4 is 10.6 Å². The highest BCUT2D eigenvalue weighted by atomic mass is 35.5. The standard InChI is InChI=1S/C22H20ClN3OS/c1-2-15-10-11-19(28-15)20-16(12-24)22(25)26(14-8-6-13(23)7-9-14)17-4-3-5-18(27)21(17)20/h6-11,20H,2-5,25H2,1H3/t20-/m0/s1. The topological polar surface area (TPSA) is 70.1 Å². The van der Waals surface area contributed by atoms with E-state index in [1.807, 2.05) is 23.1 Å². The lowest BCUT2D eigenvalue weighted by molar-refractivity contribution is -0.116. The quantitative estimate of drug-likeness (QED) is 0.749. The van der Waals surface area contributed by atoms with Gasteiger partial charge in [-0.1, -0.05) is 18.5 Å². The second-order valence-corrected chi connectivity index (χ2v) is 8.59. The molecule has 6 heteroatoms. The fraction of sp³-hybridized carbons (Fsp3) is 0.273. The first-order valence-electron chi connectivity index (χ1n) is 9.35. The lowest BCUT2D eigenvalue weighted by Crippen LogP contribution is -2.38. The molecule has 2 heterocycles. The summed E-state index contributed by atoms with van der Waals surface area (Å²) in [5.41, 5.74) is 9.41. The molecule has 1 aliphatic heterocycles. The molecule has 28 heavy (non-hydrogen) atoms. The molecule has 2 aliphatic rings. The Labute approximate surface area is 173 Å². The number of hydrogen-bond acceptors (Lipinski definition) is 5. The summed E-state index contributed by atoms with van der Waals surface area (Å²) < 4.78 is 0. The third-order valence-electron chi connectivity index (χ3n) is 5.31. The summed E-state index contributed by atoms with van der Waals surface area (Å²) in [6, 6.07) is 13.7. The minimum absolute atomic E-state index is 0.108. The number of anilines is 1. The number of aryl methyl sites for hydroxylation is 1.